The largest absolute Gasteiger partial charge is 0.508 e. The molecule has 9 nitrogen and oxygen atoms in total. The average Bonchev–Trinajstić information content (AvgIpc) is 2.54. The molecule has 1 aliphatic heterocycles. The normalized spacial score (nSPS) is 19.3. The lowest BCUT2D eigenvalue weighted by atomic mass is 9.94. The van der Waals surface area contributed by atoms with Gasteiger partial charge in [-0.15, -0.1) is 0 Å². The zero-order valence-corrected chi connectivity index (χ0v) is 14.3. The third kappa shape index (κ3) is 3.62. The second kappa shape index (κ2) is 6.56. The predicted molar refractivity (Wildman–Crippen MR) is 88.0 cm³/mol. The van der Waals surface area contributed by atoms with E-state index in [0.29, 0.717) is 5.56 Å². The lowest BCUT2D eigenvalue weighted by molar-refractivity contribution is 0.0199. The van der Waals surface area contributed by atoms with E-state index < -0.39 is 22.6 Å². The Morgan fingerprint density at radius 3 is 2.54 bits per heavy atom. The molecule has 3 rings (SSSR count). The highest BCUT2D eigenvalue weighted by molar-refractivity contribution is 7.81. The van der Waals surface area contributed by atoms with Crippen LogP contribution in [0.15, 0.2) is 30.3 Å². The molecule has 0 aliphatic carbocycles. The van der Waals surface area contributed by atoms with Crippen LogP contribution in [0.1, 0.15) is 17.2 Å². The van der Waals surface area contributed by atoms with Gasteiger partial charge in [-0.05, 0) is 17.7 Å². The van der Waals surface area contributed by atoms with Crippen molar-refractivity contribution >= 4 is 10.4 Å². The van der Waals surface area contributed by atoms with Gasteiger partial charge in [-0.25, -0.2) is 0 Å². The molecule has 26 heavy (non-hydrogen) atoms. The fourth-order valence-corrected chi connectivity index (χ4v) is 3.17. The highest BCUT2D eigenvalue weighted by Gasteiger charge is 2.33. The van der Waals surface area contributed by atoms with Crippen LogP contribution in [0, 0.1) is 0 Å². The molecular formula is C16H16O9S. The maximum Gasteiger partial charge on any atom is 0.446 e. The van der Waals surface area contributed by atoms with Gasteiger partial charge >= 0.3 is 10.4 Å². The summed E-state index contributed by atoms with van der Waals surface area (Å²) in [6.45, 7) is 0. The summed E-state index contributed by atoms with van der Waals surface area (Å²) < 4.78 is 46.0. The van der Waals surface area contributed by atoms with E-state index in [9.17, 15) is 23.7 Å². The summed E-state index contributed by atoms with van der Waals surface area (Å²) in [5, 5.41) is 29.9. The quantitative estimate of drug-likeness (QED) is 0.574. The van der Waals surface area contributed by atoms with Crippen LogP contribution in [0.25, 0.3) is 0 Å². The van der Waals surface area contributed by atoms with Crippen molar-refractivity contribution in [3.8, 4) is 28.7 Å². The van der Waals surface area contributed by atoms with Gasteiger partial charge in [-0.3, -0.25) is 4.55 Å². The highest BCUT2D eigenvalue weighted by Crippen LogP contribution is 2.43. The molecule has 1 aliphatic rings. The van der Waals surface area contributed by atoms with E-state index in [2.05, 4.69) is 4.18 Å². The van der Waals surface area contributed by atoms with E-state index >= 15 is 0 Å². The first-order valence-corrected chi connectivity index (χ1v) is 8.79. The Hall–Kier alpha value is -2.69. The Bertz CT molecular complexity index is 939. The van der Waals surface area contributed by atoms with Crippen LogP contribution in [0.2, 0.25) is 0 Å². The lowest BCUT2D eigenvalue weighted by Crippen LogP contribution is -2.30. The van der Waals surface area contributed by atoms with Crippen LogP contribution >= 0.6 is 0 Å². The highest BCUT2D eigenvalue weighted by atomic mass is 32.3. The number of benzene rings is 2. The fourth-order valence-electron chi connectivity index (χ4n) is 2.79. The van der Waals surface area contributed by atoms with Crippen molar-refractivity contribution < 1.29 is 41.9 Å². The molecule has 0 radical (unpaired) electrons. The fraction of sp³-hybridized carbons (Fsp3) is 0.250. The molecule has 0 spiro atoms. The summed E-state index contributed by atoms with van der Waals surface area (Å²) in [6.07, 6.45) is -2.02. The van der Waals surface area contributed by atoms with Crippen molar-refractivity contribution in [1.82, 2.24) is 0 Å². The Labute approximate surface area is 149 Å². The summed E-state index contributed by atoms with van der Waals surface area (Å²) in [5.41, 5.74) is 0.674. The van der Waals surface area contributed by atoms with Gasteiger partial charge in [0.25, 0.3) is 0 Å². The van der Waals surface area contributed by atoms with E-state index in [1.807, 2.05) is 0 Å². The van der Waals surface area contributed by atoms with Crippen LogP contribution in [0.5, 0.6) is 28.7 Å². The van der Waals surface area contributed by atoms with Gasteiger partial charge in [0.15, 0.2) is 17.2 Å². The van der Waals surface area contributed by atoms with Gasteiger partial charge in [-0.1, -0.05) is 6.07 Å². The van der Waals surface area contributed by atoms with Crippen molar-refractivity contribution in [2.24, 2.45) is 0 Å². The zero-order chi connectivity index (χ0) is 19.1. The maximum atomic E-state index is 11.0. The van der Waals surface area contributed by atoms with Gasteiger partial charge in [-0.2, -0.15) is 8.42 Å². The van der Waals surface area contributed by atoms with Crippen LogP contribution in [0.3, 0.4) is 0 Å². The molecule has 2 unspecified atom stereocenters. The van der Waals surface area contributed by atoms with E-state index in [0.717, 1.165) is 6.07 Å². The summed E-state index contributed by atoms with van der Waals surface area (Å²) in [6, 6.07) is 6.64. The number of phenols is 2. The van der Waals surface area contributed by atoms with E-state index in [1.165, 1.54) is 31.4 Å². The van der Waals surface area contributed by atoms with Gasteiger partial charge < -0.3 is 29.0 Å². The number of hydrogen-bond donors (Lipinski definition) is 4. The van der Waals surface area contributed by atoms with Crippen LogP contribution < -0.4 is 13.7 Å². The average molecular weight is 384 g/mol. The first-order chi connectivity index (χ1) is 12.2. The second-order valence-electron chi connectivity index (χ2n) is 5.67. The summed E-state index contributed by atoms with van der Waals surface area (Å²) in [4.78, 5) is 0. The molecule has 0 bridgehead atoms. The molecule has 0 amide bonds. The number of aromatic hydroxyl groups is 2. The van der Waals surface area contributed by atoms with Crippen molar-refractivity contribution in [3.63, 3.8) is 0 Å². The molecule has 0 fully saturated rings. The molecule has 0 saturated carbocycles. The second-order valence-corrected chi connectivity index (χ2v) is 6.69. The van der Waals surface area contributed by atoms with Crippen molar-refractivity contribution in [2.75, 3.05) is 7.11 Å². The summed E-state index contributed by atoms with van der Waals surface area (Å²) >= 11 is 0. The number of methoxy groups -OCH3 is 1. The minimum Gasteiger partial charge on any atom is -0.508 e. The van der Waals surface area contributed by atoms with Gasteiger partial charge in [0, 0.05) is 24.1 Å². The molecule has 2 atom stereocenters. The van der Waals surface area contributed by atoms with Crippen molar-refractivity contribution in [1.29, 1.82) is 0 Å². The maximum absolute atomic E-state index is 11.0. The Morgan fingerprint density at radius 2 is 1.88 bits per heavy atom. The minimum absolute atomic E-state index is 0.0612. The van der Waals surface area contributed by atoms with Crippen LogP contribution in [-0.2, 0) is 16.8 Å². The van der Waals surface area contributed by atoms with E-state index in [-0.39, 0.29) is 40.7 Å². The monoisotopic (exact) mass is 384 g/mol. The molecule has 0 saturated heterocycles. The summed E-state index contributed by atoms with van der Waals surface area (Å²) in [5.74, 6) is -0.492. The number of aliphatic hydroxyl groups is 1. The van der Waals surface area contributed by atoms with Crippen molar-refractivity contribution in [3.05, 3.63) is 41.5 Å². The third-order valence-corrected chi connectivity index (χ3v) is 4.29. The van der Waals surface area contributed by atoms with Crippen LogP contribution in [-0.4, -0.2) is 41.5 Å². The van der Waals surface area contributed by atoms with Gasteiger partial charge in [0.2, 0.25) is 0 Å². The standard InChI is InChI=1S/C16H16O9S/c1-23-15-4-8(2-3-11(15)18)16-12(19)7-10-13(24-16)5-9(17)6-14(10)25-26(20,21)22/h2-6,12,16-19H,7H2,1H3,(H,20,21,22). The van der Waals surface area contributed by atoms with Gasteiger partial charge in [0.1, 0.15) is 17.6 Å². The number of rotatable bonds is 4. The minimum atomic E-state index is -4.82. The SMILES string of the molecule is COc1cc(C2Oc3cc(O)cc(OS(=O)(=O)O)c3CC2O)ccc1O. The third-order valence-electron chi connectivity index (χ3n) is 3.90. The van der Waals surface area contributed by atoms with Crippen molar-refractivity contribution in [2.45, 2.75) is 18.6 Å². The molecule has 1 heterocycles. The number of hydrogen-bond acceptors (Lipinski definition) is 8. The first-order valence-electron chi connectivity index (χ1n) is 7.42. The molecule has 4 N–H and O–H groups in total. The van der Waals surface area contributed by atoms with E-state index in [4.69, 9.17) is 14.0 Å². The topological polar surface area (TPSA) is 143 Å². The Kier molecular flexibility index (Phi) is 4.57. The number of ether oxygens (including phenoxy) is 2. The first kappa shape index (κ1) is 18.1. The molecular weight excluding hydrogens is 368 g/mol. The predicted octanol–water partition coefficient (Wildman–Crippen LogP) is 1.33. The smallest absolute Gasteiger partial charge is 0.446 e. The summed E-state index contributed by atoms with van der Waals surface area (Å²) in [7, 11) is -3.44. The van der Waals surface area contributed by atoms with Crippen LogP contribution in [0.4, 0.5) is 0 Å². The Balaban J connectivity index is 2.00. The molecule has 140 valence electrons. The van der Waals surface area contributed by atoms with Gasteiger partial charge in [0.05, 0.1) is 13.2 Å². The number of phenolic OH excluding ortho intramolecular Hbond substituents is 2. The van der Waals surface area contributed by atoms with E-state index in [1.54, 1.807) is 0 Å². The molecule has 2 aromatic carbocycles. The lowest BCUT2D eigenvalue weighted by Gasteiger charge is -2.31. The zero-order valence-electron chi connectivity index (χ0n) is 13.5. The number of aliphatic hydroxyl groups excluding tert-OH is 1. The Morgan fingerprint density at radius 1 is 1.15 bits per heavy atom. The molecule has 0 aromatic heterocycles. The number of fused-ring (bicyclic) bond motifs is 1. The molecule has 10 heteroatoms. The molecule has 2 aromatic rings.